The third-order valence-electron chi connectivity index (χ3n) is 8.11. The predicted octanol–water partition coefficient (Wildman–Crippen LogP) is 10.4. The summed E-state index contributed by atoms with van der Waals surface area (Å²) in [6.45, 7) is 28.9. The molecule has 1 atom stereocenters. The molecular formula is C39H54N3OSSm-. The third kappa shape index (κ3) is 10.9. The molecule has 244 valence electrons. The van der Waals surface area contributed by atoms with E-state index in [0.29, 0.717) is 11.5 Å². The van der Waals surface area contributed by atoms with E-state index in [1.165, 1.54) is 29.8 Å². The Hall–Kier alpha value is -2.36. The number of rotatable bonds is 10. The molecule has 2 aliphatic rings. The maximum Gasteiger partial charge on any atom is 0.110 e. The Morgan fingerprint density at radius 3 is 2.36 bits per heavy atom. The molecule has 4 nitrogen and oxygen atoms in total. The Balaban J connectivity index is 0.000000421. The zero-order valence-electron chi connectivity index (χ0n) is 28.4. The van der Waals surface area contributed by atoms with Crippen molar-refractivity contribution in [3.8, 4) is 11.5 Å². The minimum atomic E-state index is 0. The molecule has 1 saturated heterocycles. The number of nitrogens with one attached hydrogen (secondary N) is 1. The maximum atomic E-state index is 5.98. The van der Waals surface area contributed by atoms with Crippen molar-refractivity contribution in [3.05, 3.63) is 125 Å². The van der Waals surface area contributed by atoms with Crippen LogP contribution in [0.1, 0.15) is 81.9 Å². The average Bonchev–Trinajstić information content (AvgIpc) is 3.51. The number of nitrogens with two attached hydrogens (primary N) is 1. The molecule has 1 unspecified atom stereocenters. The number of para-hydroxylation sites is 1. The summed E-state index contributed by atoms with van der Waals surface area (Å²) in [6, 6.07) is 19.8. The van der Waals surface area contributed by atoms with Gasteiger partial charge in [0.15, 0.2) is 0 Å². The van der Waals surface area contributed by atoms with Crippen molar-refractivity contribution >= 4 is 17.0 Å². The second-order valence-electron chi connectivity index (χ2n) is 10.8. The molecule has 3 N–H and O–H groups in total. The van der Waals surface area contributed by atoms with Gasteiger partial charge in [0.05, 0.1) is 6.04 Å². The number of hydrogen-bond donors (Lipinski definition) is 2. The van der Waals surface area contributed by atoms with E-state index < -0.39 is 0 Å². The van der Waals surface area contributed by atoms with Crippen molar-refractivity contribution in [3.63, 3.8) is 0 Å². The maximum absolute atomic E-state index is 5.98. The quantitative estimate of drug-likeness (QED) is 0.160. The van der Waals surface area contributed by atoms with E-state index in [1.54, 1.807) is 11.3 Å². The van der Waals surface area contributed by atoms with Gasteiger partial charge in [-0.3, -0.25) is 0 Å². The van der Waals surface area contributed by atoms with Crippen molar-refractivity contribution in [2.75, 3.05) is 6.54 Å². The van der Waals surface area contributed by atoms with Crippen LogP contribution in [0.5, 0.6) is 11.5 Å². The van der Waals surface area contributed by atoms with Gasteiger partial charge in [0.1, 0.15) is 5.75 Å². The van der Waals surface area contributed by atoms with Gasteiger partial charge < -0.3 is 20.7 Å². The van der Waals surface area contributed by atoms with Gasteiger partial charge in [-0.05, 0) is 44.4 Å². The van der Waals surface area contributed by atoms with Crippen LogP contribution >= 0.6 is 11.3 Å². The molecule has 2 heterocycles. The van der Waals surface area contributed by atoms with Gasteiger partial charge in [0.2, 0.25) is 0 Å². The summed E-state index contributed by atoms with van der Waals surface area (Å²) in [5, 5.41) is 5.70. The molecule has 1 aliphatic heterocycles. The van der Waals surface area contributed by atoms with E-state index in [4.69, 9.17) is 10.5 Å². The van der Waals surface area contributed by atoms with E-state index in [1.807, 2.05) is 76.2 Å². The average molecular weight is 763 g/mol. The van der Waals surface area contributed by atoms with Crippen LogP contribution in [0, 0.1) is 58.8 Å². The van der Waals surface area contributed by atoms with Crippen LogP contribution in [0.15, 0.2) is 97.7 Å². The zero-order chi connectivity index (χ0) is 32.7. The number of ether oxygens (including phenoxy) is 1. The minimum absolute atomic E-state index is 0. The fourth-order valence-corrected chi connectivity index (χ4v) is 6.39. The zero-order valence-corrected chi connectivity index (χ0v) is 31.8. The van der Waals surface area contributed by atoms with Crippen LogP contribution in [0.25, 0.3) is 5.70 Å². The Morgan fingerprint density at radius 2 is 1.80 bits per heavy atom. The smallest absolute Gasteiger partial charge is 0.110 e. The monoisotopic (exact) mass is 764 g/mol. The summed E-state index contributed by atoms with van der Waals surface area (Å²) in [5.74, 6) is 1.77. The summed E-state index contributed by atoms with van der Waals surface area (Å²) < 4.78 is 5.82. The van der Waals surface area contributed by atoms with Gasteiger partial charge in [-0.25, -0.2) is 0 Å². The van der Waals surface area contributed by atoms with Crippen molar-refractivity contribution in [2.24, 2.45) is 11.1 Å². The Morgan fingerprint density at radius 1 is 1.13 bits per heavy atom. The van der Waals surface area contributed by atoms with Crippen LogP contribution in [-0.4, -0.2) is 17.5 Å². The van der Waals surface area contributed by atoms with Crippen molar-refractivity contribution in [1.82, 2.24) is 10.2 Å². The number of hydrogen-bond acceptors (Lipinski definition) is 5. The predicted molar refractivity (Wildman–Crippen MR) is 193 cm³/mol. The third-order valence-corrected chi connectivity index (χ3v) is 9.05. The molecule has 0 amide bonds. The van der Waals surface area contributed by atoms with E-state index in [-0.39, 0.29) is 40.4 Å². The molecule has 1 spiro atoms. The van der Waals surface area contributed by atoms with Gasteiger partial charge >= 0.3 is 0 Å². The van der Waals surface area contributed by atoms with Gasteiger partial charge in [-0.1, -0.05) is 84.9 Å². The molecule has 6 heteroatoms. The number of thiophene rings is 1. The summed E-state index contributed by atoms with van der Waals surface area (Å²) in [6.07, 6.45) is 7.90. The number of likely N-dealkylation sites (tertiary alicyclic amines) is 1. The number of benzene rings is 2. The molecule has 2 aromatic carbocycles. The number of aryl methyl sites for hydroxylation is 2. The van der Waals surface area contributed by atoms with Gasteiger partial charge in [-0.15, -0.1) is 36.1 Å². The largest absolute Gasteiger partial charge is 0.516 e. The van der Waals surface area contributed by atoms with E-state index in [9.17, 15) is 0 Å². The standard InChI is InChI=1S/C20H29N3S.C15H15O.C2H6.C2H4.Sm/c1-5-14(3)23-13-20(8-7-9-20)19(23)15(4)22-11-17-10-16(12-24-17)18(21)6-2;1-3-13-11-12(2)9-10-15(13)16-14-7-5-4-6-8-14;2*1-2;/h6,10,12,19,22H,3-5,7-9,11,13,21H2,1-2H3;4-10H,3H2,1-2H3;1-2H3;1-2H2;/q;-1;;;/b18-6-;;;;. The second-order valence-corrected chi connectivity index (χ2v) is 11.8. The number of allylic oxidation sites excluding steroid dienone is 2. The molecular weight excluding hydrogens is 709 g/mol. The molecule has 0 bridgehead atoms. The van der Waals surface area contributed by atoms with E-state index in [0.717, 1.165) is 65.5 Å². The first-order valence-electron chi connectivity index (χ1n) is 15.9. The van der Waals surface area contributed by atoms with Crippen molar-refractivity contribution in [2.45, 2.75) is 86.2 Å². The minimum Gasteiger partial charge on any atom is -0.516 e. The van der Waals surface area contributed by atoms with E-state index in [2.05, 4.69) is 67.9 Å². The summed E-state index contributed by atoms with van der Waals surface area (Å²) in [7, 11) is 0. The SMILES string of the molecule is C=C.C=C(NCc1cc(/C(N)=C/C)cs1)C1N(C(=C)CC)CC12CCC2.CC.CCc1[c-]c(C)ccc1Oc1ccccc1.[Sm]. The molecule has 1 aromatic heterocycles. The molecule has 0 radical (unpaired) electrons. The first kappa shape index (κ1) is 40.7. The first-order chi connectivity index (χ1) is 21.3. The molecule has 1 saturated carbocycles. The topological polar surface area (TPSA) is 50.5 Å². The molecule has 2 fully saturated rings. The summed E-state index contributed by atoms with van der Waals surface area (Å²) in [5.41, 5.74) is 13.1. The van der Waals surface area contributed by atoms with Crippen LogP contribution in [-0.2, 0) is 13.0 Å². The Labute approximate surface area is 310 Å². The van der Waals surface area contributed by atoms with Gasteiger partial charge in [-0.2, -0.15) is 17.7 Å². The van der Waals surface area contributed by atoms with Gasteiger partial charge in [0.25, 0.3) is 0 Å². The van der Waals surface area contributed by atoms with Crippen molar-refractivity contribution in [1.29, 1.82) is 0 Å². The molecule has 5 rings (SSSR count). The second kappa shape index (κ2) is 20.7. The normalized spacial score (nSPS) is 15.6. The van der Waals surface area contributed by atoms with Crippen molar-refractivity contribution < 1.29 is 45.1 Å². The van der Waals surface area contributed by atoms with Crippen LogP contribution in [0.2, 0.25) is 0 Å². The Kier molecular flexibility index (Phi) is 18.7. The number of nitrogens with zero attached hydrogens (tertiary/aromatic N) is 1. The fourth-order valence-electron chi connectivity index (χ4n) is 5.56. The van der Waals surface area contributed by atoms with E-state index >= 15 is 0 Å². The summed E-state index contributed by atoms with van der Waals surface area (Å²) >= 11 is 1.75. The van der Waals surface area contributed by atoms with Crippen LogP contribution in [0.4, 0.5) is 0 Å². The Bertz CT molecular complexity index is 1360. The summed E-state index contributed by atoms with van der Waals surface area (Å²) in [4.78, 5) is 3.74. The molecule has 1 aliphatic carbocycles. The first-order valence-corrected chi connectivity index (χ1v) is 16.8. The van der Waals surface area contributed by atoms with Crippen LogP contribution in [0.3, 0.4) is 0 Å². The van der Waals surface area contributed by atoms with Gasteiger partial charge in [0, 0.05) is 97.6 Å². The molecule has 45 heavy (non-hydrogen) atoms. The fraction of sp³-hybridized carbons (Fsp3) is 0.385. The molecule has 3 aromatic rings. The van der Waals surface area contributed by atoms with Crippen LogP contribution < -0.4 is 15.8 Å².